The van der Waals surface area contributed by atoms with Crippen molar-refractivity contribution < 1.29 is 13.7 Å². The van der Waals surface area contributed by atoms with Crippen molar-refractivity contribution in [1.29, 1.82) is 0 Å². The molecular weight excluding hydrogens is 400 g/mol. The van der Waals surface area contributed by atoms with Gasteiger partial charge >= 0.3 is 0 Å². The number of guanidine groups is 1. The first-order valence-corrected chi connectivity index (χ1v) is 11.9. The first-order valence-electron chi connectivity index (χ1n) is 10.6. The van der Waals surface area contributed by atoms with E-state index in [2.05, 4.69) is 22.0 Å². The summed E-state index contributed by atoms with van der Waals surface area (Å²) in [6, 6.07) is 5.93. The average Bonchev–Trinajstić information content (AvgIpc) is 2.73. The van der Waals surface area contributed by atoms with Gasteiger partial charge in [-0.25, -0.2) is 0 Å². The molecule has 7 nitrogen and oxygen atoms in total. The first-order chi connectivity index (χ1) is 14.3. The van der Waals surface area contributed by atoms with Crippen LogP contribution in [-0.2, 0) is 17.3 Å². The quantitative estimate of drug-likeness (QED) is 0.496. The van der Waals surface area contributed by atoms with Crippen LogP contribution in [0.2, 0.25) is 0 Å². The van der Waals surface area contributed by atoms with Crippen molar-refractivity contribution in [1.82, 2.24) is 15.1 Å². The third-order valence-electron chi connectivity index (χ3n) is 5.11. The summed E-state index contributed by atoms with van der Waals surface area (Å²) in [6.07, 6.45) is 0. The lowest BCUT2D eigenvalue weighted by molar-refractivity contribution is 0.171. The summed E-state index contributed by atoms with van der Waals surface area (Å²) < 4.78 is 23.0. The molecule has 8 heteroatoms. The Hall–Kier alpha value is -1.80. The maximum absolute atomic E-state index is 12.3. The van der Waals surface area contributed by atoms with Gasteiger partial charge in [-0.3, -0.25) is 14.1 Å². The van der Waals surface area contributed by atoms with Crippen molar-refractivity contribution in [3.63, 3.8) is 0 Å². The zero-order chi connectivity index (χ0) is 22.1. The van der Waals surface area contributed by atoms with E-state index >= 15 is 0 Å². The molecule has 0 bridgehead atoms. The van der Waals surface area contributed by atoms with E-state index in [1.54, 1.807) is 14.2 Å². The third-order valence-corrected chi connectivity index (χ3v) is 7.03. The number of nitrogens with zero attached hydrogens (tertiary/aromatic N) is 3. The van der Waals surface area contributed by atoms with Gasteiger partial charge in [0.1, 0.15) is 11.5 Å². The molecule has 0 aliphatic carbocycles. The number of hydrogen-bond acceptors (Lipinski definition) is 5. The van der Waals surface area contributed by atoms with Crippen molar-refractivity contribution in [2.75, 3.05) is 59.2 Å². The van der Waals surface area contributed by atoms with Gasteiger partial charge in [0.2, 0.25) is 0 Å². The highest BCUT2D eigenvalue weighted by Crippen LogP contribution is 2.25. The van der Waals surface area contributed by atoms with Crippen LogP contribution >= 0.6 is 0 Å². The normalized spacial score (nSPS) is 17.0. The Kier molecular flexibility index (Phi) is 9.42. The van der Waals surface area contributed by atoms with Crippen molar-refractivity contribution >= 4 is 16.8 Å². The lowest BCUT2D eigenvalue weighted by Crippen LogP contribution is -2.52. The molecule has 1 aromatic rings. The maximum atomic E-state index is 12.3. The van der Waals surface area contributed by atoms with Gasteiger partial charge in [0.15, 0.2) is 5.96 Å². The number of piperazine rings is 1. The predicted octanol–water partition coefficient (Wildman–Crippen LogP) is 2.33. The van der Waals surface area contributed by atoms with Gasteiger partial charge in [-0.15, -0.1) is 0 Å². The monoisotopic (exact) mass is 438 g/mol. The topological polar surface area (TPSA) is 66.4 Å². The number of rotatable bonds is 8. The molecule has 0 aromatic heterocycles. The molecule has 1 fully saturated rings. The predicted molar refractivity (Wildman–Crippen MR) is 125 cm³/mol. The van der Waals surface area contributed by atoms with Crippen molar-refractivity contribution in [3.05, 3.63) is 23.8 Å². The van der Waals surface area contributed by atoms with Crippen LogP contribution in [0.4, 0.5) is 0 Å². The second-order valence-corrected chi connectivity index (χ2v) is 10.7. The Morgan fingerprint density at radius 3 is 2.43 bits per heavy atom. The first kappa shape index (κ1) is 24.5. The fourth-order valence-electron chi connectivity index (χ4n) is 3.33. The lowest BCUT2D eigenvalue weighted by Gasteiger charge is -2.36. The Balaban J connectivity index is 1.94. The molecule has 0 saturated carbocycles. The molecule has 30 heavy (non-hydrogen) atoms. The van der Waals surface area contributed by atoms with Crippen LogP contribution in [0.1, 0.15) is 33.3 Å². The molecule has 1 aromatic carbocycles. The van der Waals surface area contributed by atoms with Gasteiger partial charge in [0, 0.05) is 66.1 Å². The number of ether oxygens (including phenoxy) is 2. The second-order valence-electron chi connectivity index (χ2n) is 8.34. The SMILES string of the molecule is CCNC(=NCCS(=O)C(C)(C)C)N1CCN(Cc2cc(OC)ccc2OC)CC1. The highest BCUT2D eigenvalue weighted by molar-refractivity contribution is 7.86. The molecule has 170 valence electrons. The summed E-state index contributed by atoms with van der Waals surface area (Å²) in [7, 11) is 2.51. The number of nitrogens with one attached hydrogen (secondary N) is 1. The fraction of sp³-hybridized carbons (Fsp3) is 0.682. The van der Waals surface area contributed by atoms with E-state index < -0.39 is 10.8 Å². The van der Waals surface area contributed by atoms with Crippen molar-refractivity contribution in [2.24, 2.45) is 4.99 Å². The number of hydrogen-bond donors (Lipinski definition) is 1. The summed E-state index contributed by atoms with van der Waals surface area (Å²) in [6.45, 7) is 14.0. The molecule has 0 radical (unpaired) electrons. The highest BCUT2D eigenvalue weighted by Gasteiger charge is 2.22. The number of benzene rings is 1. The standard InChI is InChI=1S/C22H38N4O3S/c1-7-23-21(24-10-15-30(27)22(2,3)4)26-13-11-25(12-14-26)17-18-16-19(28-5)8-9-20(18)29-6/h8-9,16H,7,10-15,17H2,1-6H3,(H,23,24). The van der Waals surface area contributed by atoms with Gasteiger partial charge in [0.05, 0.1) is 20.8 Å². The molecule has 1 aliphatic heterocycles. The number of aliphatic imine (C=N–C) groups is 1. The van der Waals surface area contributed by atoms with E-state index in [4.69, 9.17) is 14.5 Å². The Morgan fingerprint density at radius 2 is 1.87 bits per heavy atom. The molecule has 1 heterocycles. The van der Waals surface area contributed by atoms with Crippen LogP contribution in [0, 0.1) is 0 Å². The summed E-state index contributed by atoms with van der Waals surface area (Å²) >= 11 is 0. The van der Waals surface area contributed by atoms with E-state index in [1.807, 2.05) is 39.0 Å². The van der Waals surface area contributed by atoms with Crippen molar-refractivity contribution in [3.8, 4) is 11.5 Å². The Bertz CT molecular complexity index is 726. The van der Waals surface area contributed by atoms with Gasteiger partial charge < -0.3 is 19.7 Å². The molecule has 1 atom stereocenters. The van der Waals surface area contributed by atoms with Crippen LogP contribution in [0.15, 0.2) is 23.2 Å². The summed E-state index contributed by atoms with van der Waals surface area (Å²) in [5.74, 6) is 3.24. The van der Waals surface area contributed by atoms with Gasteiger partial charge in [-0.2, -0.15) is 0 Å². The smallest absolute Gasteiger partial charge is 0.194 e. The van der Waals surface area contributed by atoms with Crippen LogP contribution in [-0.4, -0.2) is 84.0 Å². The van der Waals surface area contributed by atoms with E-state index in [9.17, 15) is 4.21 Å². The van der Waals surface area contributed by atoms with E-state index in [-0.39, 0.29) is 4.75 Å². The molecule has 0 spiro atoms. The lowest BCUT2D eigenvalue weighted by atomic mass is 10.1. The minimum atomic E-state index is -0.881. The molecule has 1 saturated heterocycles. The minimum Gasteiger partial charge on any atom is -0.497 e. The van der Waals surface area contributed by atoms with Gasteiger partial charge in [-0.05, 0) is 45.9 Å². The molecule has 1 unspecified atom stereocenters. The zero-order valence-corrected chi connectivity index (χ0v) is 20.2. The zero-order valence-electron chi connectivity index (χ0n) is 19.4. The van der Waals surface area contributed by atoms with Gasteiger partial charge in [0.25, 0.3) is 0 Å². The summed E-state index contributed by atoms with van der Waals surface area (Å²) in [5.41, 5.74) is 1.13. The Morgan fingerprint density at radius 1 is 1.17 bits per heavy atom. The molecule has 2 rings (SSSR count). The van der Waals surface area contributed by atoms with Crippen LogP contribution in [0.25, 0.3) is 0 Å². The van der Waals surface area contributed by atoms with E-state index in [1.165, 1.54) is 0 Å². The van der Waals surface area contributed by atoms with E-state index in [0.29, 0.717) is 12.3 Å². The maximum Gasteiger partial charge on any atom is 0.194 e. The van der Waals surface area contributed by atoms with Crippen LogP contribution < -0.4 is 14.8 Å². The van der Waals surface area contributed by atoms with Crippen LogP contribution in [0.3, 0.4) is 0 Å². The number of methoxy groups -OCH3 is 2. The Labute approximate surface area is 184 Å². The summed E-state index contributed by atoms with van der Waals surface area (Å²) in [4.78, 5) is 9.45. The van der Waals surface area contributed by atoms with Crippen molar-refractivity contribution in [2.45, 2.75) is 39.0 Å². The molecule has 1 aliphatic rings. The fourth-order valence-corrected chi connectivity index (χ4v) is 4.20. The molecule has 0 amide bonds. The van der Waals surface area contributed by atoms with E-state index in [0.717, 1.165) is 62.3 Å². The molecule has 1 N–H and O–H groups in total. The minimum absolute atomic E-state index is 0.194. The molecular formula is C22H38N4O3S. The average molecular weight is 439 g/mol. The third kappa shape index (κ3) is 7.16. The highest BCUT2D eigenvalue weighted by atomic mass is 32.2. The largest absolute Gasteiger partial charge is 0.497 e. The second kappa shape index (κ2) is 11.6. The van der Waals surface area contributed by atoms with Crippen LogP contribution in [0.5, 0.6) is 11.5 Å². The van der Waals surface area contributed by atoms with Gasteiger partial charge in [-0.1, -0.05) is 0 Å². The summed E-state index contributed by atoms with van der Waals surface area (Å²) in [5, 5.41) is 3.38.